The molecule has 1 aliphatic heterocycles. The Bertz CT molecular complexity index is 666. The summed E-state index contributed by atoms with van der Waals surface area (Å²) in [6.45, 7) is 5.15. The van der Waals surface area contributed by atoms with Crippen LogP contribution in [0.15, 0.2) is 47.8 Å². The number of benzene rings is 1. The van der Waals surface area contributed by atoms with Crippen molar-refractivity contribution >= 4 is 17.2 Å². The van der Waals surface area contributed by atoms with E-state index < -0.39 is 5.60 Å². The first-order chi connectivity index (χ1) is 11.5. The van der Waals surface area contributed by atoms with Crippen LogP contribution < -0.4 is 0 Å². The Labute approximate surface area is 147 Å². The van der Waals surface area contributed by atoms with Gasteiger partial charge in [-0.2, -0.15) is 0 Å². The van der Waals surface area contributed by atoms with Gasteiger partial charge in [-0.15, -0.1) is 11.3 Å². The molecule has 0 saturated carbocycles. The Kier molecular flexibility index (Phi) is 5.07. The minimum atomic E-state index is -0.949. The van der Waals surface area contributed by atoms with Gasteiger partial charge >= 0.3 is 0 Å². The van der Waals surface area contributed by atoms with E-state index >= 15 is 0 Å². The number of rotatable bonds is 5. The van der Waals surface area contributed by atoms with Gasteiger partial charge in [0.15, 0.2) is 0 Å². The summed E-state index contributed by atoms with van der Waals surface area (Å²) in [7, 11) is 0. The molecule has 2 heterocycles. The number of amides is 1. The van der Waals surface area contributed by atoms with E-state index in [-0.39, 0.29) is 17.7 Å². The Balaban J connectivity index is 1.86. The molecule has 1 amide bonds. The second kappa shape index (κ2) is 7.08. The molecule has 0 spiro atoms. The molecule has 3 nitrogen and oxygen atoms in total. The highest BCUT2D eigenvalue weighted by molar-refractivity contribution is 7.10. The topological polar surface area (TPSA) is 40.5 Å². The molecule has 3 rings (SSSR count). The molecule has 1 N–H and O–H groups in total. The number of aliphatic hydroxyl groups is 1. The van der Waals surface area contributed by atoms with E-state index in [1.165, 1.54) is 4.88 Å². The first-order valence-corrected chi connectivity index (χ1v) is 9.49. The van der Waals surface area contributed by atoms with Crippen LogP contribution in [-0.2, 0) is 11.3 Å². The van der Waals surface area contributed by atoms with E-state index in [9.17, 15) is 9.90 Å². The zero-order valence-corrected chi connectivity index (χ0v) is 15.1. The third-order valence-electron chi connectivity index (χ3n) is 5.10. The average molecular weight is 343 g/mol. The van der Waals surface area contributed by atoms with Crippen LogP contribution in [0.2, 0.25) is 0 Å². The van der Waals surface area contributed by atoms with Crippen molar-refractivity contribution in [1.29, 1.82) is 0 Å². The average Bonchev–Trinajstić information content (AvgIpc) is 3.09. The maximum absolute atomic E-state index is 13.2. The first kappa shape index (κ1) is 17.2. The van der Waals surface area contributed by atoms with Crippen molar-refractivity contribution in [3.63, 3.8) is 0 Å². The van der Waals surface area contributed by atoms with Crippen molar-refractivity contribution in [2.75, 3.05) is 6.54 Å². The molecule has 0 unspecified atom stereocenters. The molecule has 0 radical (unpaired) electrons. The molecule has 128 valence electrons. The number of thiophene rings is 1. The van der Waals surface area contributed by atoms with Crippen LogP contribution in [0.25, 0.3) is 0 Å². The van der Waals surface area contributed by atoms with Crippen LogP contribution in [0, 0.1) is 5.92 Å². The zero-order valence-electron chi connectivity index (χ0n) is 14.3. The second-order valence-corrected chi connectivity index (χ2v) is 7.84. The van der Waals surface area contributed by atoms with Crippen molar-refractivity contribution in [1.82, 2.24) is 4.90 Å². The van der Waals surface area contributed by atoms with Crippen molar-refractivity contribution in [3.8, 4) is 0 Å². The summed E-state index contributed by atoms with van der Waals surface area (Å²) < 4.78 is 0. The van der Waals surface area contributed by atoms with Crippen LogP contribution in [0.1, 0.15) is 43.0 Å². The van der Waals surface area contributed by atoms with Gasteiger partial charge in [-0.1, -0.05) is 43.3 Å². The highest BCUT2D eigenvalue weighted by Crippen LogP contribution is 2.42. The molecular formula is C20H25NO2S. The van der Waals surface area contributed by atoms with Gasteiger partial charge < -0.3 is 10.0 Å². The summed E-state index contributed by atoms with van der Waals surface area (Å²) in [5, 5.41) is 13.0. The van der Waals surface area contributed by atoms with E-state index in [1.54, 1.807) is 11.3 Å². The molecule has 1 fully saturated rings. The van der Waals surface area contributed by atoms with Gasteiger partial charge in [0.25, 0.3) is 0 Å². The number of hydrogen-bond acceptors (Lipinski definition) is 3. The molecule has 1 aliphatic rings. The summed E-state index contributed by atoms with van der Waals surface area (Å²) in [4.78, 5) is 16.3. The monoisotopic (exact) mass is 343 g/mol. The first-order valence-electron chi connectivity index (χ1n) is 8.61. The molecule has 2 aromatic rings. The van der Waals surface area contributed by atoms with Crippen molar-refractivity contribution in [2.24, 2.45) is 5.92 Å². The largest absolute Gasteiger partial charge is 0.389 e. The van der Waals surface area contributed by atoms with Crippen molar-refractivity contribution in [3.05, 3.63) is 58.3 Å². The van der Waals surface area contributed by atoms with Crippen LogP contribution in [0.5, 0.6) is 0 Å². The lowest BCUT2D eigenvalue weighted by molar-refractivity contribution is -0.156. The van der Waals surface area contributed by atoms with E-state index in [1.807, 2.05) is 53.6 Å². The van der Waals surface area contributed by atoms with Gasteiger partial charge in [-0.05, 0) is 36.8 Å². The SMILES string of the molecule is CC[C@@H](c1cccs1)[C@H]1C(=O)N(Cc2ccccc2)CC[C@@]1(C)O. The molecule has 1 saturated heterocycles. The quantitative estimate of drug-likeness (QED) is 0.890. The van der Waals surface area contributed by atoms with Gasteiger partial charge in [0, 0.05) is 23.9 Å². The molecule has 1 aromatic carbocycles. The van der Waals surface area contributed by atoms with E-state index in [2.05, 4.69) is 13.0 Å². The number of likely N-dealkylation sites (tertiary alicyclic amines) is 1. The van der Waals surface area contributed by atoms with Crippen LogP contribution in [0.4, 0.5) is 0 Å². The van der Waals surface area contributed by atoms with Crippen LogP contribution in [0.3, 0.4) is 0 Å². The molecule has 1 aromatic heterocycles. The summed E-state index contributed by atoms with van der Waals surface area (Å²) in [6, 6.07) is 14.2. The predicted molar refractivity (Wildman–Crippen MR) is 97.9 cm³/mol. The Hall–Kier alpha value is -1.65. The van der Waals surface area contributed by atoms with Gasteiger partial charge in [0.2, 0.25) is 5.91 Å². The van der Waals surface area contributed by atoms with Crippen LogP contribution in [-0.4, -0.2) is 28.1 Å². The molecule has 0 aliphatic carbocycles. The number of nitrogens with zero attached hydrogens (tertiary/aromatic N) is 1. The van der Waals surface area contributed by atoms with Gasteiger partial charge in [0.1, 0.15) is 0 Å². The van der Waals surface area contributed by atoms with E-state index in [0.29, 0.717) is 19.5 Å². The predicted octanol–water partition coefficient (Wildman–Crippen LogP) is 4.04. The van der Waals surface area contributed by atoms with Crippen molar-refractivity contribution < 1.29 is 9.90 Å². The second-order valence-electron chi connectivity index (χ2n) is 6.86. The molecule has 24 heavy (non-hydrogen) atoms. The van der Waals surface area contributed by atoms with Gasteiger partial charge in [-0.25, -0.2) is 0 Å². The molecule has 0 bridgehead atoms. The lowest BCUT2D eigenvalue weighted by atomic mass is 9.72. The van der Waals surface area contributed by atoms with Crippen LogP contribution >= 0.6 is 11.3 Å². The minimum Gasteiger partial charge on any atom is -0.389 e. The maximum Gasteiger partial charge on any atom is 0.229 e. The normalized spacial score (nSPS) is 25.7. The smallest absolute Gasteiger partial charge is 0.229 e. The number of carbonyl (C=O) groups is 1. The lowest BCUT2D eigenvalue weighted by Gasteiger charge is -2.45. The number of piperidine rings is 1. The highest BCUT2D eigenvalue weighted by Gasteiger charge is 2.48. The third kappa shape index (κ3) is 3.40. The minimum absolute atomic E-state index is 0.0751. The Morgan fingerprint density at radius 3 is 2.67 bits per heavy atom. The fraction of sp³-hybridized carbons (Fsp3) is 0.450. The van der Waals surface area contributed by atoms with Crippen molar-refractivity contribution in [2.45, 2.75) is 44.8 Å². The van der Waals surface area contributed by atoms with Gasteiger partial charge in [-0.3, -0.25) is 4.79 Å². The number of hydrogen-bond donors (Lipinski definition) is 1. The summed E-state index contributed by atoms with van der Waals surface area (Å²) in [5.41, 5.74) is 0.185. The molecule has 3 atom stereocenters. The standard InChI is InChI=1S/C20H25NO2S/c1-3-16(17-10-7-13-24-17)18-19(22)21(12-11-20(18,2)23)14-15-8-5-4-6-9-15/h4-10,13,16,18,23H,3,11-12,14H2,1-2H3/t16-,18-,20+/m0/s1. The fourth-order valence-corrected chi connectivity index (χ4v) is 4.71. The highest BCUT2D eigenvalue weighted by atomic mass is 32.1. The Morgan fingerprint density at radius 1 is 1.29 bits per heavy atom. The third-order valence-corrected chi connectivity index (χ3v) is 6.11. The number of carbonyl (C=O) groups excluding carboxylic acids is 1. The lowest BCUT2D eigenvalue weighted by Crippen LogP contribution is -2.55. The Morgan fingerprint density at radius 2 is 2.04 bits per heavy atom. The van der Waals surface area contributed by atoms with E-state index in [4.69, 9.17) is 0 Å². The fourth-order valence-electron chi connectivity index (χ4n) is 3.76. The summed E-state index contributed by atoms with van der Waals surface area (Å²) in [6.07, 6.45) is 1.48. The maximum atomic E-state index is 13.2. The van der Waals surface area contributed by atoms with Gasteiger partial charge in [0.05, 0.1) is 11.5 Å². The zero-order chi connectivity index (χ0) is 17.2. The molecule has 4 heteroatoms. The molecular weight excluding hydrogens is 318 g/mol. The van der Waals surface area contributed by atoms with E-state index in [0.717, 1.165) is 12.0 Å². The summed E-state index contributed by atoms with van der Waals surface area (Å²) >= 11 is 1.68. The summed E-state index contributed by atoms with van der Waals surface area (Å²) in [5.74, 6) is -0.222.